The number of aliphatic imine (C=N–C) groups is 1. The van der Waals surface area contributed by atoms with Crippen molar-refractivity contribution in [3.05, 3.63) is 65.7 Å². The van der Waals surface area contributed by atoms with Gasteiger partial charge in [0, 0.05) is 23.9 Å². The summed E-state index contributed by atoms with van der Waals surface area (Å²) in [5.74, 6) is 0.363. The summed E-state index contributed by atoms with van der Waals surface area (Å²) < 4.78 is 0. The molecule has 0 amide bonds. The van der Waals surface area contributed by atoms with Crippen molar-refractivity contribution in [3.8, 4) is 0 Å². The fourth-order valence-corrected chi connectivity index (χ4v) is 2.19. The fourth-order valence-electron chi connectivity index (χ4n) is 1.92. The molecule has 0 fully saturated rings. The van der Waals surface area contributed by atoms with Gasteiger partial charge in [-0.25, -0.2) is 4.99 Å². The van der Waals surface area contributed by atoms with Gasteiger partial charge in [-0.15, -0.1) is 12.6 Å². The van der Waals surface area contributed by atoms with E-state index in [0.29, 0.717) is 11.5 Å². The van der Waals surface area contributed by atoms with E-state index in [4.69, 9.17) is 11.1 Å². The van der Waals surface area contributed by atoms with Crippen molar-refractivity contribution in [1.82, 2.24) is 0 Å². The molecule has 0 heterocycles. The summed E-state index contributed by atoms with van der Waals surface area (Å²) in [6.07, 6.45) is 2.99. The van der Waals surface area contributed by atoms with Gasteiger partial charge in [0.15, 0.2) is 0 Å². The Balaban J connectivity index is 2.25. The maximum absolute atomic E-state index is 7.25. The zero-order valence-corrected chi connectivity index (χ0v) is 13.1. The van der Waals surface area contributed by atoms with Crippen molar-refractivity contribution in [2.24, 2.45) is 10.7 Å². The number of amidine groups is 1. The number of benzene rings is 2. The molecule has 22 heavy (non-hydrogen) atoms. The Labute approximate surface area is 135 Å². The Hall–Kier alpha value is -2.53. The first kappa shape index (κ1) is 15.9. The topological polar surface area (TPSA) is 74.3 Å². The van der Waals surface area contributed by atoms with Crippen LogP contribution in [-0.4, -0.2) is 19.1 Å². The van der Waals surface area contributed by atoms with E-state index < -0.39 is 0 Å². The smallest absolute Gasteiger partial charge is 0.125 e. The molecule has 2 aromatic rings. The van der Waals surface area contributed by atoms with E-state index in [1.807, 2.05) is 49.5 Å². The van der Waals surface area contributed by atoms with Crippen LogP contribution in [0, 0.1) is 5.41 Å². The van der Waals surface area contributed by atoms with Gasteiger partial charge in [-0.3, -0.25) is 0 Å². The normalized spacial score (nSPS) is 12.1. The first-order chi connectivity index (χ1) is 10.6. The van der Waals surface area contributed by atoms with Crippen molar-refractivity contribution in [2.75, 3.05) is 12.4 Å². The highest BCUT2D eigenvalue weighted by Crippen LogP contribution is 2.22. The lowest BCUT2D eigenvalue weighted by Gasteiger charge is -2.05. The lowest BCUT2D eigenvalue weighted by molar-refractivity contribution is 1.46. The van der Waals surface area contributed by atoms with Crippen LogP contribution in [0.1, 0.15) is 11.1 Å². The second-order valence-electron chi connectivity index (χ2n) is 4.64. The van der Waals surface area contributed by atoms with E-state index in [9.17, 15) is 0 Å². The van der Waals surface area contributed by atoms with Crippen LogP contribution in [0.25, 0.3) is 4.91 Å². The monoisotopic (exact) mass is 310 g/mol. The summed E-state index contributed by atoms with van der Waals surface area (Å²) in [5, 5.41) is 10.3. The van der Waals surface area contributed by atoms with Crippen LogP contribution >= 0.6 is 12.6 Å². The Kier molecular flexibility index (Phi) is 5.38. The van der Waals surface area contributed by atoms with Crippen molar-refractivity contribution in [1.29, 1.82) is 5.41 Å². The van der Waals surface area contributed by atoms with Crippen LogP contribution in [0.4, 0.5) is 11.4 Å². The van der Waals surface area contributed by atoms with Crippen LogP contribution < -0.4 is 11.1 Å². The molecular weight excluding hydrogens is 292 g/mol. The van der Waals surface area contributed by atoms with Gasteiger partial charge in [0.05, 0.1) is 5.69 Å². The van der Waals surface area contributed by atoms with Gasteiger partial charge in [-0.2, -0.15) is 0 Å². The van der Waals surface area contributed by atoms with Crippen molar-refractivity contribution < 1.29 is 0 Å². The molecule has 0 aliphatic heterocycles. The van der Waals surface area contributed by atoms with E-state index >= 15 is 0 Å². The van der Waals surface area contributed by atoms with E-state index in [0.717, 1.165) is 21.7 Å². The molecule has 0 saturated heterocycles. The maximum atomic E-state index is 7.25. The van der Waals surface area contributed by atoms with Gasteiger partial charge < -0.3 is 16.5 Å². The molecule has 5 heteroatoms. The molecule has 0 aliphatic rings. The minimum atomic E-state index is 0.363. The van der Waals surface area contributed by atoms with Crippen LogP contribution in [0.2, 0.25) is 0 Å². The first-order valence-electron chi connectivity index (χ1n) is 6.76. The maximum Gasteiger partial charge on any atom is 0.125 e. The van der Waals surface area contributed by atoms with E-state index in [2.05, 4.69) is 22.9 Å². The highest BCUT2D eigenvalue weighted by atomic mass is 32.1. The molecule has 0 saturated carbocycles. The molecule has 2 aromatic carbocycles. The molecule has 2 rings (SSSR count). The molecule has 0 atom stereocenters. The van der Waals surface area contributed by atoms with Crippen molar-refractivity contribution in [2.45, 2.75) is 0 Å². The number of rotatable bonds is 5. The zero-order chi connectivity index (χ0) is 15.9. The first-order valence-corrected chi connectivity index (χ1v) is 7.20. The van der Waals surface area contributed by atoms with Gasteiger partial charge in [-0.05, 0) is 41.5 Å². The third-order valence-corrected chi connectivity index (χ3v) is 3.41. The molecule has 0 bridgehead atoms. The highest BCUT2D eigenvalue weighted by Gasteiger charge is 2.00. The number of hydrogen-bond acceptors (Lipinski definition) is 4. The van der Waals surface area contributed by atoms with Gasteiger partial charge >= 0.3 is 0 Å². The predicted octanol–water partition coefficient (Wildman–Crippen LogP) is 3.69. The van der Waals surface area contributed by atoms with Crippen LogP contribution in [0.5, 0.6) is 0 Å². The second-order valence-corrected chi connectivity index (χ2v) is 5.12. The molecule has 0 aliphatic carbocycles. The summed E-state index contributed by atoms with van der Waals surface area (Å²) in [4.78, 5) is 5.06. The Morgan fingerprint density at radius 3 is 2.73 bits per heavy atom. The number of nitrogens with two attached hydrogens (primary N) is 1. The van der Waals surface area contributed by atoms with Gasteiger partial charge in [-0.1, -0.05) is 24.3 Å². The van der Waals surface area contributed by atoms with Gasteiger partial charge in [0.25, 0.3) is 0 Å². The molecule has 0 aromatic heterocycles. The lowest BCUT2D eigenvalue weighted by atomic mass is 10.2. The molecule has 112 valence electrons. The summed E-state index contributed by atoms with van der Waals surface area (Å²) >= 11 is 4.49. The Morgan fingerprint density at radius 1 is 1.23 bits per heavy atom. The summed E-state index contributed by atoms with van der Waals surface area (Å²) in [5.41, 5.74) is 9.42. The number of anilines is 1. The standard InChI is InChI=1S/C17H18N4S/c1-20-14-6-3-5-13(9-14)16(22)10-17(19)21-15-7-2-4-12(8-15)11-18/h2-11,18,20,22H,1H3,(H2,19,21)/b16-10-,18-11?. The minimum Gasteiger partial charge on any atom is -0.388 e. The Bertz CT molecular complexity index is 735. The third kappa shape index (κ3) is 4.23. The number of nitrogens with one attached hydrogen (secondary N) is 2. The third-order valence-electron chi connectivity index (χ3n) is 3.03. The van der Waals surface area contributed by atoms with Crippen LogP contribution in [0.3, 0.4) is 0 Å². The zero-order valence-electron chi connectivity index (χ0n) is 12.2. The lowest BCUT2D eigenvalue weighted by Crippen LogP contribution is -2.07. The second kappa shape index (κ2) is 7.47. The van der Waals surface area contributed by atoms with Gasteiger partial charge in [0.1, 0.15) is 5.84 Å². The van der Waals surface area contributed by atoms with Crippen LogP contribution in [-0.2, 0) is 0 Å². The van der Waals surface area contributed by atoms with Crippen molar-refractivity contribution >= 4 is 41.0 Å². The molecule has 0 spiro atoms. The quantitative estimate of drug-likeness (QED) is 0.386. The predicted molar refractivity (Wildman–Crippen MR) is 98.6 cm³/mol. The van der Waals surface area contributed by atoms with Gasteiger partial charge in [0.2, 0.25) is 0 Å². The largest absolute Gasteiger partial charge is 0.388 e. The summed E-state index contributed by atoms with van der Waals surface area (Å²) in [7, 11) is 1.87. The van der Waals surface area contributed by atoms with E-state index in [-0.39, 0.29) is 0 Å². The summed E-state index contributed by atoms with van der Waals surface area (Å²) in [6, 6.07) is 15.2. The SMILES string of the molecule is CNc1cccc(/C(S)=C/C(N)=Nc2cccc(C=N)c2)c1. The average Bonchev–Trinajstić information content (AvgIpc) is 2.54. The average molecular weight is 310 g/mol. The minimum absolute atomic E-state index is 0.363. The van der Waals surface area contributed by atoms with Crippen molar-refractivity contribution in [3.63, 3.8) is 0 Å². The molecule has 4 nitrogen and oxygen atoms in total. The number of hydrogen-bond donors (Lipinski definition) is 4. The fraction of sp³-hybridized carbons (Fsp3) is 0.0588. The Morgan fingerprint density at radius 2 is 2.00 bits per heavy atom. The highest BCUT2D eigenvalue weighted by molar-refractivity contribution is 7.90. The number of thiol groups is 1. The molecule has 0 radical (unpaired) electrons. The molecule has 0 unspecified atom stereocenters. The molecule has 4 N–H and O–H groups in total. The van der Waals surface area contributed by atoms with Crippen LogP contribution in [0.15, 0.2) is 59.6 Å². The van der Waals surface area contributed by atoms with E-state index in [1.165, 1.54) is 6.21 Å². The number of nitrogens with zero attached hydrogens (tertiary/aromatic N) is 1. The molecular formula is C17H18N4S. The summed E-state index contributed by atoms with van der Waals surface area (Å²) in [6.45, 7) is 0. The van der Waals surface area contributed by atoms with E-state index in [1.54, 1.807) is 12.1 Å².